The third kappa shape index (κ3) is 5.09. The maximum absolute atomic E-state index is 6.02. The van der Waals surface area contributed by atoms with Crippen LogP contribution in [0.2, 0.25) is 0 Å². The second-order valence-corrected chi connectivity index (χ2v) is 4.73. The molecule has 19 heavy (non-hydrogen) atoms. The van der Waals surface area contributed by atoms with Gasteiger partial charge in [0, 0.05) is 19.2 Å². The molecule has 0 spiro atoms. The first-order valence-electron chi connectivity index (χ1n) is 6.68. The van der Waals surface area contributed by atoms with Crippen molar-refractivity contribution in [3.05, 3.63) is 23.8 Å². The molecule has 1 aromatic carbocycles. The summed E-state index contributed by atoms with van der Waals surface area (Å²) in [5.74, 6) is 1.61. The van der Waals surface area contributed by atoms with Gasteiger partial charge < -0.3 is 19.9 Å². The summed E-state index contributed by atoms with van der Waals surface area (Å²) >= 11 is 0. The molecule has 2 N–H and O–H groups in total. The molecule has 0 radical (unpaired) electrons. The Labute approximate surface area is 115 Å². The summed E-state index contributed by atoms with van der Waals surface area (Å²) in [6, 6.07) is 6.01. The normalized spacial score (nSPS) is 13.9. The lowest BCUT2D eigenvalue weighted by Gasteiger charge is -2.19. The number of benzene rings is 1. The topological polar surface area (TPSA) is 53.7 Å². The molecule has 4 heteroatoms. The Morgan fingerprint density at radius 1 is 1.26 bits per heavy atom. The third-order valence-electron chi connectivity index (χ3n) is 3.01. The first-order valence-corrected chi connectivity index (χ1v) is 6.68. The van der Waals surface area contributed by atoms with Gasteiger partial charge in [-0.15, -0.1) is 0 Å². The summed E-state index contributed by atoms with van der Waals surface area (Å²) in [6.45, 7) is 4.62. The first-order chi connectivity index (χ1) is 9.10. The van der Waals surface area contributed by atoms with Crippen LogP contribution in [0.1, 0.15) is 25.8 Å². The Hall–Kier alpha value is -1.26. The SMILES string of the molecule is CCC(N)Cc1ccc(OC)cc1OC(C)COC. The van der Waals surface area contributed by atoms with Crippen LogP contribution in [0.15, 0.2) is 18.2 Å². The van der Waals surface area contributed by atoms with Crippen molar-refractivity contribution in [3.8, 4) is 11.5 Å². The maximum atomic E-state index is 6.02. The van der Waals surface area contributed by atoms with E-state index >= 15 is 0 Å². The van der Waals surface area contributed by atoms with Gasteiger partial charge in [0.15, 0.2) is 0 Å². The Bertz CT molecular complexity index is 382. The highest BCUT2D eigenvalue weighted by Gasteiger charge is 2.12. The number of hydrogen-bond acceptors (Lipinski definition) is 4. The number of rotatable bonds is 8. The molecule has 0 saturated heterocycles. The van der Waals surface area contributed by atoms with Gasteiger partial charge in [-0.1, -0.05) is 13.0 Å². The standard InChI is InChI=1S/C15H25NO3/c1-5-13(16)8-12-6-7-14(18-4)9-15(12)19-11(2)10-17-3/h6-7,9,11,13H,5,8,10,16H2,1-4H3. The van der Waals surface area contributed by atoms with Gasteiger partial charge in [0.05, 0.1) is 13.7 Å². The van der Waals surface area contributed by atoms with Gasteiger partial charge in [-0.05, 0) is 31.4 Å². The summed E-state index contributed by atoms with van der Waals surface area (Å²) in [4.78, 5) is 0. The Morgan fingerprint density at radius 3 is 2.58 bits per heavy atom. The van der Waals surface area contributed by atoms with Crippen LogP contribution >= 0.6 is 0 Å². The second kappa shape index (κ2) is 8.02. The fraction of sp³-hybridized carbons (Fsp3) is 0.600. The Balaban J connectivity index is 2.88. The van der Waals surface area contributed by atoms with Crippen molar-refractivity contribution in [1.29, 1.82) is 0 Å². The van der Waals surface area contributed by atoms with Crippen molar-refractivity contribution in [1.82, 2.24) is 0 Å². The van der Waals surface area contributed by atoms with E-state index in [1.54, 1.807) is 14.2 Å². The fourth-order valence-electron chi connectivity index (χ4n) is 1.85. The lowest BCUT2D eigenvalue weighted by molar-refractivity contribution is 0.0912. The minimum Gasteiger partial charge on any atom is -0.497 e. The summed E-state index contributed by atoms with van der Waals surface area (Å²) in [5, 5.41) is 0. The van der Waals surface area contributed by atoms with E-state index < -0.39 is 0 Å². The van der Waals surface area contributed by atoms with E-state index in [1.165, 1.54) is 0 Å². The minimum absolute atomic E-state index is 0.00583. The lowest BCUT2D eigenvalue weighted by Crippen LogP contribution is -2.23. The molecule has 0 aromatic heterocycles. The molecule has 1 aromatic rings. The van der Waals surface area contributed by atoms with Crippen molar-refractivity contribution in [3.63, 3.8) is 0 Å². The van der Waals surface area contributed by atoms with Crippen molar-refractivity contribution < 1.29 is 14.2 Å². The molecule has 4 nitrogen and oxygen atoms in total. The zero-order valence-electron chi connectivity index (χ0n) is 12.3. The van der Waals surface area contributed by atoms with E-state index in [1.807, 2.05) is 25.1 Å². The largest absolute Gasteiger partial charge is 0.497 e. The van der Waals surface area contributed by atoms with Crippen LogP contribution in [0.5, 0.6) is 11.5 Å². The highest BCUT2D eigenvalue weighted by atomic mass is 16.5. The number of hydrogen-bond donors (Lipinski definition) is 1. The Kier molecular flexibility index (Phi) is 6.67. The van der Waals surface area contributed by atoms with Crippen LogP contribution in [-0.4, -0.2) is 33.0 Å². The maximum Gasteiger partial charge on any atom is 0.126 e. The molecule has 1 rings (SSSR count). The van der Waals surface area contributed by atoms with Crippen molar-refractivity contribution >= 4 is 0 Å². The van der Waals surface area contributed by atoms with E-state index in [4.69, 9.17) is 19.9 Å². The smallest absolute Gasteiger partial charge is 0.126 e. The average Bonchev–Trinajstić information content (AvgIpc) is 2.40. The van der Waals surface area contributed by atoms with Gasteiger partial charge in [-0.2, -0.15) is 0 Å². The predicted octanol–water partition coefficient (Wildman–Crippen LogP) is 2.39. The van der Waals surface area contributed by atoms with Crippen LogP contribution in [0.25, 0.3) is 0 Å². The van der Waals surface area contributed by atoms with Gasteiger partial charge in [-0.25, -0.2) is 0 Å². The van der Waals surface area contributed by atoms with Crippen LogP contribution in [0.4, 0.5) is 0 Å². The number of nitrogens with two attached hydrogens (primary N) is 1. The highest BCUT2D eigenvalue weighted by molar-refractivity contribution is 5.41. The minimum atomic E-state index is -0.00583. The van der Waals surface area contributed by atoms with Gasteiger partial charge in [0.1, 0.15) is 17.6 Å². The molecule has 0 saturated carbocycles. The summed E-state index contributed by atoms with van der Waals surface area (Å²) in [5.41, 5.74) is 7.13. The average molecular weight is 267 g/mol. The Morgan fingerprint density at radius 2 is 2.00 bits per heavy atom. The van der Waals surface area contributed by atoms with E-state index in [2.05, 4.69) is 6.92 Å². The zero-order chi connectivity index (χ0) is 14.3. The summed E-state index contributed by atoms with van der Waals surface area (Å²) in [7, 11) is 3.31. The van der Waals surface area contributed by atoms with E-state index in [0.29, 0.717) is 6.61 Å². The van der Waals surface area contributed by atoms with E-state index in [-0.39, 0.29) is 12.1 Å². The van der Waals surface area contributed by atoms with Crippen molar-refractivity contribution in [2.45, 2.75) is 38.8 Å². The van der Waals surface area contributed by atoms with Crippen LogP contribution in [0, 0.1) is 0 Å². The second-order valence-electron chi connectivity index (χ2n) is 4.73. The molecule has 2 unspecified atom stereocenters. The lowest BCUT2D eigenvalue weighted by atomic mass is 10.0. The molecular weight excluding hydrogens is 242 g/mol. The highest BCUT2D eigenvalue weighted by Crippen LogP contribution is 2.27. The molecule has 0 aliphatic heterocycles. The summed E-state index contributed by atoms with van der Waals surface area (Å²) < 4.78 is 16.2. The third-order valence-corrected chi connectivity index (χ3v) is 3.01. The van der Waals surface area contributed by atoms with Gasteiger partial charge >= 0.3 is 0 Å². The van der Waals surface area contributed by atoms with E-state index in [9.17, 15) is 0 Å². The van der Waals surface area contributed by atoms with Crippen LogP contribution < -0.4 is 15.2 Å². The molecule has 2 atom stereocenters. The van der Waals surface area contributed by atoms with Gasteiger partial charge in [-0.3, -0.25) is 0 Å². The monoisotopic (exact) mass is 267 g/mol. The zero-order valence-corrected chi connectivity index (χ0v) is 12.3. The molecule has 0 heterocycles. The van der Waals surface area contributed by atoms with Gasteiger partial charge in [0.25, 0.3) is 0 Å². The molecule has 0 bridgehead atoms. The molecular formula is C15H25NO3. The summed E-state index contributed by atoms with van der Waals surface area (Å²) in [6.07, 6.45) is 1.74. The number of ether oxygens (including phenoxy) is 3. The van der Waals surface area contributed by atoms with Gasteiger partial charge in [0.2, 0.25) is 0 Å². The molecule has 0 aliphatic rings. The molecule has 0 aliphatic carbocycles. The van der Waals surface area contributed by atoms with Crippen molar-refractivity contribution in [2.75, 3.05) is 20.8 Å². The first kappa shape index (κ1) is 15.8. The quantitative estimate of drug-likeness (QED) is 0.785. The molecule has 0 fully saturated rings. The van der Waals surface area contributed by atoms with Crippen LogP contribution in [-0.2, 0) is 11.2 Å². The van der Waals surface area contributed by atoms with Crippen molar-refractivity contribution in [2.24, 2.45) is 5.73 Å². The van der Waals surface area contributed by atoms with E-state index in [0.717, 1.165) is 29.9 Å². The predicted molar refractivity (Wildman–Crippen MR) is 76.9 cm³/mol. The number of methoxy groups -OCH3 is 2. The van der Waals surface area contributed by atoms with Crippen LogP contribution in [0.3, 0.4) is 0 Å². The molecule has 108 valence electrons. The fourth-order valence-corrected chi connectivity index (χ4v) is 1.85. The molecule has 0 amide bonds.